The largest absolute Gasteiger partial charge is 0.360 e. The Balaban J connectivity index is 1.60. The first kappa shape index (κ1) is 17.6. The number of fused-ring (bicyclic) bond motifs is 1. The second-order valence-corrected chi connectivity index (χ2v) is 8.48. The Kier molecular flexibility index (Phi) is 4.19. The SMILES string of the molecule is Cc1noc(C)c1S(=O)(=O)Nc1ccc(N2c3ccccc3CC2C)cc1. The molecule has 0 saturated heterocycles. The van der Waals surface area contributed by atoms with Gasteiger partial charge in [-0.25, -0.2) is 8.42 Å². The van der Waals surface area contributed by atoms with Crippen LogP contribution in [0.1, 0.15) is 23.9 Å². The zero-order chi connectivity index (χ0) is 19.2. The summed E-state index contributed by atoms with van der Waals surface area (Å²) in [7, 11) is -3.74. The third-order valence-electron chi connectivity index (χ3n) is 4.84. The Hall–Kier alpha value is -2.80. The molecular formula is C20H21N3O3S. The minimum absolute atomic E-state index is 0.0914. The van der Waals surface area contributed by atoms with Crippen molar-refractivity contribution in [3.63, 3.8) is 0 Å². The molecule has 1 aromatic heterocycles. The van der Waals surface area contributed by atoms with Crippen LogP contribution in [0.2, 0.25) is 0 Å². The predicted octanol–water partition coefficient (Wildman–Crippen LogP) is 4.17. The van der Waals surface area contributed by atoms with Crippen LogP contribution >= 0.6 is 0 Å². The molecule has 1 aliphatic heterocycles. The predicted molar refractivity (Wildman–Crippen MR) is 105 cm³/mol. The number of hydrogen-bond donors (Lipinski definition) is 1. The fourth-order valence-corrected chi connectivity index (χ4v) is 5.10. The molecule has 1 atom stereocenters. The minimum Gasteiger partial charge on any atom is -0.360 e. The average molecular weight is 383 g/mol. The summed E-state index contributed by atoms with van der Waals surface area (Å²) < 4.78 is 32.9. The van der Waals surface area contributed by atoms with Gasteiger partial charge in [-0.05, 0) is 63.1 Å². The number of nitrogens with zero attached hydrogens (tertiary/aromatic N) is 2. The maximum Gasteiger partial charge on any atom is 0.267 e. The monoisotopic (exact) mass is 383 g/mol. The molecular weight excluding hydrogens is 362 g/mol. The lowest BCUT2D eigenvalue weighted by atomic mass is 10.1. The Morgan fingerprint density at radius 2 is 1.81 bits per heavy atom. The van der Waals surface area contributed by atoms with Crippen molar-refractivity contribution in [1.29, 1.82) is 0 Å². The molecule has 0 aliphatic carbocycles. The summed E-state index contributed by atoms with van der Waals surface area (Å²) in [6.45, 7) is 5.39. The molecule has 1 N–H and O–H groups in total. The molecule has 0 radical (unpaired) electrons. The van der Waals surface area contributed by atoms with E-state index in [-0.39, 0.29) is 10.7 Å². The summed E-state index contributed by atoms with van der Waals surface area (Å²) in [4.78, 5) is 2.37. The van der Waals surface area contributed by atoms with Crippen LogP contribution in [0.25, 0.3) is 0 Å². The van der Waals surface area contributed by atoms with E-state index in [9.17, 15) is 8.42 Å². The van der Waals surface area contributed by atoms with Crippen molar-refractivity contribution in [3.05, 3.63) is 65.5 Å². The molecule has 0 bridgehead atoms. The van der Waals surface area contributed by atoms with E-state index in [1.807, 2.05) is 18.2 Å². The maximum atomic E-state index is 12.6. The first-order chi connectivity index (χ1) is 12.9. The Labute approximate surface area is 158 Å². The van der Waals surface area contributed by atoms with Crippen LogP contribution < -0.4 is 9.62 Å². The molecule has 3 aromatic rings. The third-order valence-corrected chi connectivity index (χ3v) is 6.47. The second-order valence-electron chi connectivity index (χ2n) is 6.86. The van der Waals surface area contributed by atoms with Crippen molar-refractivity contribution in [1.82, 2.24) is 5.16 Å². The molecule has 7 heteroatoms. The average Bonchev–Trinajstić information content (AvgIpc) is 3.14. The van der Waals surface area contributed by atoms with Gasteiger partial charge in [-0.1, -0.05) is 23.4 Å². The number of anilines is 3. The van der Waals surface area contributed by atoms with Gasteiger partial charge in [0.25, 0.3) is 10.0 Å². The van der Waals surface area contributed by atoms with Gasteiger partial charge in [0.15, 0.2) is 10.7 Å². The highest BCUT2D eigenvalue weighted by Crippen LogP contribution is 2.38. The van der Waals surface area contributed by atoms with Gasteiger partial charge in [0.05, 0.1) is 0 Å². The van der Waals surface area contributed by atoms with E-state index >= 15 is 0 Å². The van der Waals surface area contributed by atoms with Crippen LogP contribution in [-0.2, 0) is 16.4 Å². The molecule has 0 fully saturated rings. The summed E-state index contributed by atoms with van der Waals surface area (Å²) in [5.41, 5.74) is 4.41. The second kappa shape index (κ2) is 6.42. The van der Waals surface area contributed by atoms with E-state index < -0.39 is 10.0 Å². The van der Waals surface area contributed by atoms with Gasteiger partial charge in [-0.3, -0.25) is 4.72 Å². The molecule has 0 spiro atoms. The van der Waals surface area contributed by atoms with Crippen molar-refractivity contribution < 1.29 is 12.9 Å². The van der Waals surface area contributed by atoms with Gasteiger partial charge in [-0.15, -0.1) is 0 Å². The van der Waals surface area contributed by atoms with Gasteiger partial charge in [-0.2, -0.15) is 0 Å². The van der Waals surface area contributed by atoms with E-state index in [0.717, 1.165) is 12.1 Å². The van der Waals surface area contributed by atoms with E-state index in [2.05, 4.69) is 39.9 Å². The van der Waals surface area contributed by atoms with Gasteiger partial charge in [0.1, 0.15) is 5.69 Å². The lowest BCUT2D eigenvalue weighted by molar-refractivity contribution is 0.390. The third kappa shape index (κ3) is 3.08. The molecule has 0 saturated carbocycles. The smallest absolute Gasteiger partial charge is 0.267 e. The summed E-state index contributed by atoms with van der Waals surface area (Å²) in [6.07, 6.45) is 0.997. The molecule has 140 valence electrons. The molecule has 1 unspecified atom stereocenters. The lowest BCUT2D eigenvalue weighted by Gasteiger charge is -2.25. The van der Waals surface area contributed by atoms with E-state index in [1.54, 1.807) is 26.0 Å². The van der Waals surface area contributed by atoms with E-state index in [4.69, 9.17) is 4.52 Å². The minimum atomic E-state index is -3.74. The number of hydrogen-bond acceptors (Lipinski definition) is 5. The van der Waals surface area contributed by atoms with Crippen LogP contribution in [0.3, 0.4) is 0 Å². The molecule has 4 rings (SSSR count). The molecule has 1 aliphatic rings. The van der Waals surface area contributed by atoms with Crippen molar-refractivity contribution in [3.8, 4) is 0 Å². The van der Waals surface area contributed by atoms with Crippen molar-refractivity contribution >= 4 is 27.1 Å². The normalized spacial score (nSPS) is 16.4. The standard InChI is InChI=1S/C20H21N3O3S/c1-13-12-16-6-4-5-7-19(16)23(13)18-10-8-17(9-11-18)22-27(24,25)20-14(2)21-26-15(20)3/h4-11,13,22H,12H2,1-3H3. The van der Waals surface area contributed by atoms with Gasteiger partial charge < -0.3 is 9.42 Å². The van der Waals surface area contributed by atoms with Gasteiger partial charge >= 0.3 is 0 Å². The van der Waals surface area contributed by atoms with Crippen LogP contribution in [0.5, 0.6) is 0 Å². The van der Waals surface area contributed by atoms with E-state index in [1.165, 1.54) is 11.3 Å². The van der Waals surface area contributed by atoms with Crippen LogP contribution in [0.15, 0.2) is 57.9 Å². The highest BCUT2D eigenvalue weighted by Gasteiger charge is 2.27. The quantitative estimate of drug-likeness (QED) is 0.732. The molecule has 2 heterocycles. The Bertz CT molecular complexity index is 1070. The zero-order valence-corrected chi connectivity index (χ0v) is 16.2. The number of nitrogens with one attached hydrogen (secondary N) is 1. The fraction of sp³-hybridized carbons (Fsp3) is 0.250. The lowest BCUT2D eigenvalue weighted by Crippen LogP contribution is -2.23. The van der Waals surface area contributed by atoms with Gasteiger partial charge in [0, 0.05) is 23.1 Å². The highest BCUT2D eigenvalue weighted by atomic mass is 32.2. The number of aryl methyl sites for hydroxylation is 2. The van der Waals surface area contributed by atoms with Gasteiger partial charge in [0.2, 0.25) is 0 Å². The van der Waals surface area contributed by atoms with Crippen molar-refractivity contribution in [2.24, 2.45) is 0 Å². The summed E-state index contributed by atoms with van der Waals surface area (Å²) in [5, 5.41) is 3.72. The number of benzene rings is 2. The molecule has 2 aromatic carbocycles. The Morgan fingerprint density at radius 1 is 1.11 bits per heavy atom. The van der Waals surface area contributed by atoms with Crippen LogP contribution in [0.4, 0.5) is 17.1 Å². The van der Waals surface area contributed by atoms with Crippen LogP contribution in [0, 0.1) is 13.8 Å². The van der Waals surface area contributed by atoms with Crippen molar-refractivity contribution in [2.45, 2.75) is 38.1 Å². The molecule has 0 amide bonds. The zero-order valence-electron chi connectivity index (χ0n) is 15.4. The van der Waals surface area contributed by atoms with Crippen molar-refractivity contribution in [2.75, 3.05) is 9.62 Å². The Morgan fingerprint density at radius 3 is 2.48 bits per heavy atom. The number of aromatic nitrogens is 1. The first-order valence-electron chi connectivity index (χ1n) is 8.80. The highest BCUT2D eigenvalue weighted by molar-refractivity contribution is 7.92. The topological polar surface area (TPSA) is 75.4 Å². The summed E-state index contributed by atoms with van der Waals surface area (Å²) in [6, 6.07) is 16.1. The molecule has 6 nitrogen and oxygen atoms in total. The maximum absolute atomic E-state index is 12.6. The first-order valence-corrected chi connectivity index (χ1v) is 10.3. The molecule has 27 heavy (non-hydrogen) atoms. The number of rotatable bonds is 4. The summed E-state index contributed by atoms with van der Waals surface area (Å²) in [5.74, 6) is 0.277. The van der Waals surface area contributed by atoms with E-state index in [0.29, 0.717) is 17.4 Å². The summed E-state index contributed by atoms with van der Waals surface area (Å²) >= 11 is 0. The van der Waals surface area contributed by atoms with Crippen LogP contribution in [-0.4, -0.2) is 19.6 Å². The fourth-order valence-electron chi connectivity index (χ4n) is 3.71. The number of para-hydroxylation sites is 1. The number of sulfonamides is 1.